The van der Waals surface area contributed by atoms with Crippen molar-refractivity contribution in [1.82, 2.24) is 15.0 Å². The van der Waals surface area contributed by atoms with Crippen molar-refractivity contribution < 1.29 is 4.42 Å². The Morgan fingerprint density at radius 1 is 0.344 bits per heavy atom. The van der Waals surface area contributed by atoms with Crippen LogP contribution in [0.3, 0.4) is 0 Å². The number of hydrogen-bond acceptors (Lipinski definition) is 4. The molecule has 0 radical (unpaired) electrons. The van der Waals surface area contributed by atoms with Gasteiger partial charge in [0.25, 0.3) is 0 Å². The minimum absolute atomic E-state index is 0.156. The molecule has 290 valence electrons. The highest BCUT2D eigenvalue weighted by Crippen LogP contribution is 2.56. The number of furan rings is 1. The van der Waals surface area contributed by atoms with E-state index < -0.39 is 0 Å². The summed E-state index contributed by atoms with van der Waals surface area (Å²) in [4.78, 5) is 15.6. The number of rotatable bonds is 6. The summed E-state index contributed by atoms with van der Waals surface area (Å²) in [5.41, 5.74) is 17.2. The Morgan fingerprint density at radius 2 is 0.852 bits per heavy atom. The van der Waals surface area contributed by atoms with Crippen LogP contribution in [-0.4, -0.2) is 15.0 Å². The van der Waals surface area contributed by atoms with Crippen LogP contribution in [0.2, 0.25) is 0 Å². The first-order chi connectivity index (χ1) is 30.2. The first-order valence-electron chi connectivity index (χ1n) is 21.5. The van der Waals surface area contributed by atoms with Crippen LogP contribution >= 0.6 is 0 Å². The molecule has 0 saturated heterocycles. The van der Waals surface area contributed by atoms with Crippen molar-refractivity contribution >= 4 is 21.9 Å². The first-order valence-corrected chi connectivity index (χ1v) is 21.5. The van der Waals surface area contributed by atoms with Gasteiger partial charge in [-0.05, 0) is 105 Å². The minimum Gasteiger partial charge on any atom is -0.455 e. The Kier molecular flexibility index (Phi) is 8.38. The number of aromatic nitrogens is 3. The average molecular weight is 784 g/mol. The molecular formula is C57H41N3O. The van der Waals surface area contributed by atoms with E-state index in [1.54, 1.807) is 0 Å². The van der Waals surface area contributed by atoms with Gasteiger partial charge in [0, 0.05) is 27.3 Å². The van der Waals surface area contributed by atoms with Crippen LogP contribution in [0.25, 0.3) is 101 Å². The molecule has 0 amide bonds. The third-order valence-corrected chi connectivity index (χ3v) is 13.1. The Bertz CT molecular complexity index is 3300. The number of benzene rings is 8. The third kappa shape index (κ3) is 6.01. The molecule has 1 spiro atoms. The van der Waals surface area contributed by atoms with Crippen molar-refractivity contribution in [3.05, 3.63) is 199 Å². The van der Waals surface area contributed by atoms with E-state index in [0.717, 1.165) is 60.9 Å². The zero-order chi connectivity index (χ0) is 40.3. The average Bonchev–Trinajstić information content (AvgIpc) is 3.85. The lowest BCUT2D eigenvalue weighted by atomic mass is 9.68. The van der Waals surface area contributed by atoms with Crippen LogP contribution in [0.15, 0.2) is 192 Å². The summed E-state index contributed by atoms with van der Waals surface area (Å²) in [6, 6.07) is 67.1. The van der Waals surface area contributed by atoms with Crippen molar-refractivity contribution in [1.29, 1.82) is 0 Å². The van der Waals surface area contributed by atoms with Crippen LogP contribution in [0.4, 0.5) is 0 Å². The fourth-order valence-corrected chi connectivity index (χ4v) is 10.2. The Hall–Kier alpha value is -7.43. The SMILES string of the molecule is c1ccc(-c2cccc(-c3nc(-c4cccc(-c5cccc(-c6ccc7c(c6)-c6ccccc6C76CCCCC6)c5)c4)nc(-c4cccc5c4oc4ccccc45)n3)c2)cc1. The van der Waals surface area contributed by atoms with Crippen LogP contribution in [0.1, 0.15) is 43.2 Å². The molecule has 2 aromatic heterocycles. The smallest absolute Gasteiger partial charge is 0.167 e. The molecule has 0 bridgehead atoms. The third-order valence-electron chi connectivity index (χ3n) is 13.1. The van der Waals surface area contributed by atoms with E-state index in [-0.39, 0.29) is 5.41 Å². The van der Waals surface area contributed by atoms with E-state index >= 15 is 0 Å². The summed E-state index contributed by atoms with van der Waals surface area (Å²) in [7, 11) is 0. The lowest BCUT2D eigenvalue weighted by Gasteiger charge is -2.36. The van der Waals surface area contributed by atoms with E-state index in [9.17, 15) is 0 Å². The second-order valence-corrected chi connectivity index (χ2v) is 16.6. The Labute approximate surface area is 355 Å². The molecule has 61 heavy (non-hydrogen) atoms. The zero-order valence-electron chi connectivity index (χ0n) is 33.7. The second-order valence-electron chi connectivity index (χ2n) is 16.6. The largest absolute Gasteiger partial charge is 0.455 e. The first kappa shape index (κ1) is 35.5. The maximum Gasteiger partial charge on any atom is 0.167 e. The van der Waals surface area contributed by atoms with E-state index in [4.69, 9.17) is 19.4 Å². The Balaban J connectivity index is 0.959. The van der Waals surface area contributed by atoms with Crippen LogP contribution < -0.4 is 0 Å². The normalized spacial score (nSPS) is 14.0. The second kappa shape index (κ2) is 14.4. The molecule has 4 heteroatoms. The lowest BCUT2D eigenvalue weighted by Crippen LogP contribution is -2.27. The summed E-state index contributed by atoms with van der Waals surface area (Å²) in [5.74, 6) is 1.77. The van der Waals surface area contributed by atoms with Gasteiger partial charge >= 0.3 is 0 Å². The molecule has 10 aromatic rings. The maximum absolute atomic E-state index is 6.50. The van der Waals surface area contributed by atoms with E-state index in [0.29, 0.717) is 17.5 Å². The van der Waals surface area contributed by atoms with E-state index in [1.807, 2.05) is 30.3 Å². The van der Waals surface area contributed by atoms with Gasteiger partial charge in [-0.2, -0.15) is 0 Å². The standard InChI is InChI=1S/C57H41N3O/c1-3-15-37(16-4-1)38-17-12-21-43(34-38)54-58-55(60-56(59-54)48-26-14-25-47-46-24-6-8-28-52(46)61-53(47)48)44-22-13-20-41(35-44)39-18-11-19-40(33-39)42-29-30-51-49(36-42)45-23-5-7-27-50(45)57(51)31-9-2-10-32-57/h1,3-8,11-30,33-36H,2,9-10,31-32H2. The fourth-order valence-electron chi connectivity index (χ4n) is 10.2. The highest BCUT2D eigenvalue weighted by molar-refractivity contribution is 6.09. The van der Waals surface area contributed by atoms with Crippen molar-refractivity contribution in [2.45, 2.75) is 37.5 Å². The van der Waals surface area contributed by atoms with Crippen LogP contribution in [-0.2, 0) is 5.41 Å². The van der Waals surface area contributed by atoms with Crippen molar-refractivity contribution in [2.24, 2.45) is 0 Å². The molecule has 0 atom stereocenters. The molecule has 8 aromatic carbocycles. The van der Waals surface area contributed by atoms with Gasteiger partial charge in [-0.1, -0.05) is 171 Å². The highest BCUT2D eigenvalue weighted by Gasteiger charge is 2.43. The summed E-state index contributed by atoms with van der Waals surface area (Å²) in [5, 5.41) is 2.10. The van der Waals surface area contributed by atoms with Crippen molar-refractivity contribution in [3.63, 3.8) is 0 Å². The van der Waals surface area contributed by atoms with Gasteiger partial charge in [-0.25, -0.2) is 15.0 Å². The van der Waals surface area contributed by atoms with Gasteiger partial charge < -0.3 is 4.42 Å². The van der Waals surface area contributed by atoms with Gasteiger partial charge in [-0.15, -0.1) is 0 Å². The van der Waals surface area contributed by atoms with E-state index in [1.165, 1.54) is 65.5 Å². The van der Waals surface area contributed by atoms with Gasteiger partial charge in [0.2, 0.25) is 0 Å². The highest BCUT2D eigenvalue weighted by atomic mass is 16.3. The lowest BCUT2D eigenvalue weighted by molar-refractivity contribution is 0.353. The fraction of sp³-hybridized carbons (Fsp3) is 0.105. The molecule has 4 nitrogen and oxygen atoms in total. The molecule has 2 aliphatic rings. The molecular weight excluding hydrogens is 743 g/mol. The predicted molar refractivity (Wildman–Crippen MR) is 249 cm³/mol. The van der Waals surface area contributed by atoms with Crippen molar-refractivity contribution in [2.75, 3.05) is 0 Å². The number of para-hydroxylation sites is 2. The number of fused-ring (bicyclic) bond motifs is 8. The van der Waals surface area contributed by atoms with Crippen molar-refractivity contribution in [3.8, 4) is 78.7 Å². The topological polar surface area (TPSA) is 51.8 Å². The van der Waals surface area contributed by atoms with Gasteiger partial charge in [0.1, 0.15) is 11.2 Å². The van der Waals surface area contributed by atoms with Crippen LogP contribution in [0.5, 0.6) is 0 Å². The predicted octanol–water partition coefficient (Wildman–Crippen LogP) is 15.0. The van der Waals surface area contributed by atoms with Crippen LogP contribution in [0, 0.1) is 0 Å². The molecule has 0 aliphatic heterocycles. The molecule has 1 saturated carbocycles. The molecule has 1 fully saturated rings. The zero-order valence-corrected chi connectivity index (χ0v) is 33.7. The number of nitrogens with zero attached hydrogens (tertiary/aromatic N) is 3. The summed E-state index contributed by atoms with van der Waals surface area (Å²) >= 11 is 0. The van der Waals surface area contributed by atoms with Gasteiger partial charge in [-0.3, -0.25) is 0 Å². The quantitative estimate of drug-likeness (QED) is 0.169. The summed E-state index contributed by atoms with van der Waals surface area (Å²) in [6.45, 7) is 0. The van der Waals surface area contributed by atoms with Gasteiger partial charge in [0.05, 0.1) is 5.56 Å². The number of hydrogen-bond donors (Lipinski definition) is 0. The minimum atomic E-state index is 0.156. The summed E-state index contributed by atoms with van der Waals surface area (Å²) in [6.07, 6.45) is 6.40. The van der Waals surface area contributed by atoms with E-state index in [2.05, 4.69) is 158 Å². The molecule has 12 rings (SSSR count). The van der Waals surface area contributed by atoms with Gasteiger partial charge in [0.15, 0.2) is 17.5 Å². The monoisotopic (exact) mass is 783 g/mol. The Morgan fingerprint density at radius 3 is 1.59 bits per heavy atom. The molecule has 0 unspecified atom stereocenters. The molecule has 0 N–H and O–H groups in total. The summed E-state index contributed by atoms with van der Waals surface area (Å²) < 4.78 is 6.50. The molecule has 2 heterocycles. The maximum atomic E-state index is 6.50. The molecule has 2 aliphatic carbocycles.